The van der Waals surface area contributed by atoms with Crippen LogP contribution in [0.15, 0.2) is 11.1 Å². The number of aliphatic hydroxyl groups excluding tert-OH is 1. The first kappa shape index (κ1) is 22.4. The van der Waals surface area contributed by atoms with Gasteiger partial charge in [0.25, 0.3) is 0 Å². The van der Waals surface area contributed by atoms with Gasteiger partial charge < -0.3 is 14.6 Å². The van der Waals surface area contributed by atoms with Crippen molar-refractivity contribution in [3.63, 3.8) is 0 Å². The van der Waals surface area contributed by atoms with Crippen molar-refractivity contribution in [2.75, 3.05) is 13.2 Å². The Morgan fingerprint density at radius 2 is 1.88 bits per heavy atom. The average molecular weight is 445 g/mol. The molecule has 0 radical (unpaired) electrons. The summed E-state index contributed by atoms with van der Waals surface area (Å²) in [6.07, 6.45) is 7.49. The Balaban J connectivity index is 1.60. The second-order valence-corrected chi connectivity index (χ2v) is 12.7. The van der Waals surface area contributed by atoms with Crippen molar-refractivity contribution >= 4 is 11.9 Å². The van der Waals surface area contributed by atoms with Crippen molar-refractivity contribution in [1.29, 1.82) is 0 Å². The number of hydrogen-bond donors (Lipinski definition) is 1. The van der Waals surface area contributed by atoms with Crippen molar-refractivity contribution in [2.24, 2.45) is 39.4 Å². The molecule has 32 heavy (non-hydrogen) atoms. The summed E-state index contributed by atoms with van der Waals surface area (Å²) in [5, 5.41) is 11.7. The number of hydrogen-bond acceptors (Lipinski definition) is 5. The van der Waals surface area contributed by atoms with E-state index < -0.39 is 6.10 Å². The van der Waals surface area contributed by atoms with E-state index in [9.17, 15) is 14.7 Å². The fourth-order valence-corrected chi connectivity index (χ4v) is 9.97. The van der Waals surface area contributed by atoms with E-state index in [1.807, 2.05) is 0 Å². The summed E-state index contributed by atoms with van der Waals surface area (Å²) in [6.45, 7) is 11.7. The normalized spacial score (nSPS) is 47.0. The van der Waals surface area contributed by atoms with Gasteiger partial charge >= 0.3 is 11.9 Å². The molecule has 5 rings (SSSR count). The van der Waals surface area contributed by atoms with Gasteiger partial charge in [-0.3, -0.25) is 4.79 Å². The molecule has 3 fully saturated rings. The maximum Gasteiger partial charge on any atom is 0.334 e. The Kier molecular flexibility index (Phi) is 4.96. The summed E-state index contributed by atoms with van der Waals surface area (Å²) < 4.78 is 11.3. The van der Waals surface area contributed by atoms with E-state index in [4.69, 9.17) is 9.47 Å². The molecule has 0 unspecified atom stereocenters. The molecular formula is C27H40O5. The molecule has 1 N–H and O–H groups in total. The molecule has 1 heterocycles. The summed E-state index contributed by atoms with van der Waals surface area (Å²) in [5.41, 5.74) is 1.89. The Bertz CT molecular complexity index is 873. The Labute approximate surface area is 192 Å². The van der Waals surface area contributed by atoms with E-state index in [-0.39, 0.29) is 39.5 Å². The lowest BCUT2D eigenvalue weighted by molar-refractivity contribution is -0.248. The van der Waals surface area contributed by atoms with E-state index in [1.165, 1.54) is 12.5 Å². The van der Waals surface area contributed by atoms with Gasteiger partial charge in [0.05, 0.1) is 12.7 Å². The van der Waals surface area contributed by atoms with Gasteiger partial charge in [0, 0.05) is 17.9 Å². The highest BCUT2D eigenvalue weighted by atomic mass is 16.5. The van der Waals surface area contributed by atoms with Crippen LogP contribution in [0.2, 0.25) is 0 Å². The van der Waals surface area contributed by atoms with Gasteiger partial charge in [0.1, 0.15) is 6.61 Å². The average Bonchev–Trinajstić information content (AvgIpc) is 3.07. The van der Waals surface area contributed by atoms with Crippen LogP contribution < -0.4 is 0 Å². The lowest BCUT2D eigenvalue weighted by atomic mass is 9.35. The highest BCUT2D eigenvalue weighted by Crippen LogP contribution is 2.73. The van der Waals surface area contributed by atoms with Crippen LogP contribution in [-0.2, 0) is 19.1 Å². The maximum atomic E-state index is 12.3. The van der Waals surface area contributed by atoms with Crippen LogP contribution in [0, 0.1) is 39.4 Å². The third-order valence-corrected chi connectivity index (χ3v) is 10.8. The molecule has 5 nitrogen and oxygen atoms in total. The number of carbonyl (C=O) groups is 2. The maximum absolute atomic E-state index is 12.3. The lowest BCUT2D eigenvalue weighted by Gasteiger charge is -2.70. The number of esters is 2. The number of carbonyl (C=O) groups excluding carboxylic acids is 2. The van der Waals surface area contributed by atoms with Crippen LogP contribution in [0.5, 0.6) is 0 Å². The van der Waals surface area contributed by atoms with Gasteiger partial charge in [0.2, 0.25) is 0 Å². The van der Waals surface area contributed by atoms with Crippen molar-refractivity contribution < 1.29 is 24.2 Å². The van der Waals surface area contributed by atoms with E-state index in [2.05, 4.69) is 27.7 Å². The molecule has 0 aromatic carbocycles. The zero-order valence-corrected chi connectivity index (χ0v) is 20.5. The lowest BCUT2D eigenvalue weighted by Crippen LogP contribution is -2.67. The highest BCUT2D eigenvalue weighted by Gasteiger charge is 2.69. The fourth-order valence-electron chi connectivity index (χ4n) is 9.97. The number of ether oxygens (including phenoxy) is 2. The van der Waals surface area contributed by atoms with Crippen LogP contribution in [-0.4, -0.2) is 36.4 Å². The monoisotopic (exact) mass is 444 g/mol. The number of fused-ring (bicyclic) bond motifs is 6. The molecular weight excluding hydrogens is 404 g/mol. The molecule has 0 bridgehead atoms. The van der Waals surface area contributed by atoms with Crippen LogP contribution in [0.3, 0.4) is 0 Å². The topological polar surface area (TPSA) is 72.8 Å². The summed E-state index contributed by atoms with van der Waals surface area (Å²) in [6, 6.07) is 0. The molecule has 178 valence electrons. The first-order valence-electron chi connectivity index (χ1n) is 12.7. The number of cyclic esters (lactones) is 1. The van der Waals surface area contributed by atoms with E-state index >= 15 is 0 Å². The molecule has 0 amide bonds. The standard InChI is InChI=1S/C27H40O5/c1-16(28)32-15-27-11-6-10-24(2,3)22(27)19(29)13-26(5)20-8-7-17-18(14-31-23(17)30)25(20,4)12-9-21(26)27/h19-22,29H,6-15H2,1-5H3/t19-,20+,21-,22-,25+,26-,27-/m0/s1. The summed E-state index contributed by atoms with van der Waals surface area (Å²) in [7, 11) is 0. The van der Waals surface area contributed by atoms with Crippen molar-refractivity contribution in [2.45, 2.75) is 92.1 Å². The Hall–Kier alpha value is -1.36. The van der Waals surface area contributed by atoms with E-state index in [0.29, 0.717) is 25.0 Å². The third-order valence-electron chi connectivity index (χ3n) is 10.8. The van der Waals surface area contributed by atoms with Crippen molar-refractivity contribution in [1.82, 2.24) is 0 Å². The second-order valence-electron chi connectivity index (χ2n) is 12.7. The molecule has 0 aromatic rings. The zero-order valence-electron chi connectivity index (χ0n) is 20.5. The Morgan fingerprint density at radius 1 is 1.12 bits per heavy atom. The first-order chi connectivity index (χ1) is 15.0. The summed E-state index contributed by atoms with van der Waals surface area (Å²) in [4.78, 5) is 24.3. The number of aliphatic hydroxyl groups is 1. The molecule has 5 aliphatic rings. The molecule has 0 aromatic heterocycles. The fraction of sp³-hybridized carbons (Fsp3) is 0.852. The van der Waals surface area contributed by atoms with Crippen molar-refractivity contribution in [3.05, 3.63) is 11.1 Å². The minimum absolute atomic E-state index is 0.0217. The minimum atomic E-state index is -0.402. The van der Waals surface area contributed by atoms with Crippen LogP contribution in [0.25, 0.3) is 0 Å². The van der Waals surface area contributed by atoms with E-state index in [1.54, 1.807) is 0 Å². The zero-order chi connectivity index (χ0) is 23.1. The smallest absolute Gasteiger partial charge is 0.334 e. The van der Waals surface area contributed by atoms with Gasteiger partial charge in [-0.1, -0.05) is 34.1 Å². The minimum Gasteiger partial charge on any atom is -0.465 e. The predicted molar refractivity (Wildman–Crippen MR) is 120 cm³/mol. The Morgan fingerprint density at radius 3 is 2.59 bits per heavy atom. The molecule has 5 heteroatoms. The molecule has 3 saturated carbocycles. The first-order valence-corrected chi connectivity index (χ1v) is 12.7. The van der Waals surface area contributed by atoms with Crippen LogP contribution in [0.4, 0.5) is 0 Å². The van der Waals surface area contributed by atoms with Gasteiger partial charge in [-0.15, -0.1) is 0 Å². The van der Waals surface area contributed by atoms with Crippen LogP contribution >= 0.6 is 0 Å². The van der Waals surface area contributed by atoms with Crippen molar-refractivity contribution in [3.8, 4) is 0 Å². The third kappa shape index (κ3) is 2.85. The molecule has 4 aliphatic carbocycles. The van der Waals surface area contributed by atoms with E-state index in [0.717, 1.165) is 56.9 Å². The molecule has 7 atom stereocenters. The molecule has 0 spiro atoms. The van der Waals surface area contributed by atoms with Gasteiger partial charge in [0.15, 0.2) is 0 Å². The second kappa shape index (κ2) is 7.07. The molecule has 1 aliphatic heterocycles. The summed E-state index contributed by atoms with van der Waals surface area (Å²) >= 11 is 0. The SMILES string of the molecule is CC(=O)OC[C@]12CCCC(C)(C)[C@@H]1[C@@H](O)C[C@]1(C)[C@@H]2CC[C@]2(C)C3=C(CC[C@@H]12)C(=O)OC3. The quantitative estimate of drug-likeness (QED) is 0.619. The largest absolute Gasteiger partial charge is 0.465 e. The summed E-state index contributed by atoms with van der Waals surface area (Å²) in [5.74, 6) is 0.603. The van der Waals surface area contributed by atoms with Gasteiger partial charge in [-0.05, 0) is 84.5 Å². The molecule has 0 saturated heterocycles. The highest BCUT2D eigenvalue weighted by molar-refractivity contribution is 5.92. The van der Waals surface area contributed by atoms with Crippen LogP contribution in [0.1, 0.15) is 86.0 Å². The predicted octanol–water partition coefficient (Wildman–Crippen LogP) is 4.81. The van der Waals surface area contributed by atoms with Gasteiger partial charge in [-0.2, -0.15) is 0 Å². The number of rotatable bonds is 2. The van der Waals surface area contributed by atoms with Gasteiger partial charge in [-0.25, -0.2) is 4.79 Å².